The van der Waals surface area contributed by atoms with Crippen molar-refractivity contribution in [3.05, 3.63) is 47.5 Å². The summed E-state index contributed by atoms with van der Waals surface area (Å²) in [7, 11) is 6.14. The third-order valence-corrected chi connectivity index (χ3v) is 5.88. The monoisotopic (exact) mass is 530 g/mol. The zero-order chi connectivity index (χ0) is 27.6. The number of hydrogen-bond donors (Lipinski definition) is 4. The molecule has 0 spiro atoms. The third kappa shape index (κ3) is 9.75. The molecule has 0 unspecified atom stereocenters. The highest BCUT2D eigenvalue weighted by Gasteiger charge is 2.16. The van der Waals surface area contributed by atoms with E-state index in [1.807, 2.05) is 0 Å². The van der Waals surface area contributed by atoms with Gasteiger partial charge in [-0.15, -0.1) is 0 Å². The van der Waals surface area contributed by atoms with Gasteiger partial charge in [-0.1, -0.05) is 12.1 Å². The molecule has 2 aromatic rings. The molecule has 0 saturated carbocycles. The van der Waals surface area contributed by atoms with E-state index >= 15 is 0 Å². The molecule has 0 bridgehead atoms. The highest BCUT2D eigenvalue weighted by molar-refractivity contribution is 5.98. The van der Waals surface area contributed by atoms with Crippen LogP contribution in [0.1, 0.15) is 46.4 Å². The van der Waals surface area contributed by atoms with Gasteiger partial charge in [0.1, 0.15) is 0 Å². The van der Waals surface area contributed by atoms with Gasteiger partial charge >= 0.3 is 0 Å². The smallest absolute Gasteiger partial charge is 0.255 e. The molecule has 10 nitrogen and oxygen atoms in total. The molecule has 0 aliphatic rings. The van der Waals surface area contributed by atoms with Gasteiger partial charge in [-0.25, -0.2) is 0 Å². The molecule has 10 heteroatoms. The summed E-state index contributed by atoms with van der Waals surface area (Å²) in [4.78, 5) is 24.9. The second-order valence-corrected chi connectivity index (χ2v) is 8.51. The molecule has 0 radical (unpaired) electrons. The molecule has 210 valence electrons. The lowest BCUT2D eigenvalue weighted by Gasteiger charge is -2.13. The van der Waals surface area contributed by atoms with Gasteiger partial charge in [-0.05, 0) is 76.1 Å². The summed E-state index contributed by atoms with van der Waals surface area (Å²) < 4.78 is 21.1. The number of para-hydroxylation sites is 2. The Balaban J connectivity index is 1.46. The highest BCUT2D eigenvalue weighted by atomic mass is 16.5. The molecule has 0 fully saturated rings. The predicted molar refractivity (Wildman–Crippen MR) is 148 cm³/mol. The van der Waals surface area contributed by atoms with Crippen LogP contribution in [0.5, 0.6) is 23.0 Å². The molecule has 0 saturated heterocycles. The molecular formula is C28H42N4O6. The van der Waals surface area contributed by atoms with Crippen molar-refractivity contribution < 1.29 is 28.5 Å². The first kappa shape index (κ1) is 30.7. The Labute approximate surface area is 225 Å². The molecule has 2 rings (SSSR count). The van der Waals surface area contributed by atoms with Gasteiger partial charge in [0.05, 0.1) is 39.6 Å². The van der Waals surface area contributed by atoms with Crippen LogP contribution in [0, 0.1) is 0 Å². The van der Waals surface area contributed by atoms with Crippen molar-refractivity contribution in [3.8, 4) is 23.0 Å². The molecule has 2 aromatic carbocycles. The van der Waals surface area contributed by atoms with Crippen LogP contribution in [0.15, 0.2) is 36.4 Å². The molecule has 0 aliphatic heterocycles. The number of benzene rings is 2. The Kier molecular flexibility index (Phi) is 14.4. The number of carbonyl (C=O) groups excluding carboxylic acids is 2. The number of ether oxygens (including phenoxy) is 4. The van der Waals surface area contributed by atoms with Gasteiger partial charge < -0.3 is 40.2 Å². The minimum atomic E-state index is -0.175. The van der Waals surface area contributed by atoms with E-state index in [0.717, 1.165) is 51.9 Å². The average molecular weight is 531 g/mol. The van der Waals surface area contributed by atoms with Crippen molar-refractivity contribution in [1.82, 2.24) is 21.3 Å². The van der Waals surface area contributed by atoms with Gasteiger partial charge in [0, 0.05) is 13.1 Å². The number of nitrogens with one attached hydrogen (secondary N) is 4. The Bertz CT molecular complexity index is 922. The standard InChI is InChI=1S/C28H42N4O6/c1-35-23-13-7-11-21(25(23)37-3)27(33)31-19-9-17-29-15-5-6-16-30-18-10-20-32-28(34)22-12-8-14-24(36-2)26(22)38-4/h7-8,11-14,29-30H,5-6,9-10,15-20H2,1-4H3,(H,31,33)(H,32,34). The summed E-state index contributed by atoms with van der Waals surface area (Å²) >= 11 is 0. The molecule has 0 aliphatic carbocycles. The summed E-state index contributed by atoms with van der Waals surface area (Å²) in [6, 6.07) is 10.5. The molecular weight excluding hydrogens is 488 g/mol. The zero-order valence-electron chi connectivity index (χ0n) is 23.0. The third-order valence-electron chi connectivity index (χ3n) is 5.88. The Morgan fingerprint density at radius 2 is 0.947 bits per heavy atom. The summed E-state index contributed by atoms with van der Waals surface area (Å²) in [5.41, 5.74) is 0.929. The number of methoxy groups -OCH3 is 4. The summed E-state index contributed by atoms with van der Waals surface area (Å²) in [6.07, 6.45) is 3.80. The first-order valence-corrected chi connectivity index (χ1v) is 13.0. The van der Waals surface area contributed by atoms with Crippen LogP contribution in [-0.4, -0.2) is 79.5 Å². The fourth-order valence-corrected chi connectivity index (χ4v) is 3.90. The van der Waals surface area contributed by atoms with E-state index in [1.54, 1.807) is 50.6 Å². The lowest BCUT2D eigenvalue weighted by Crippen LogP contribution is -2.28. The molecule has 38 heavy (non-hydrogen) atoms. The summed E-state index contributed by atoms with van der Waals surface area (Å²) in [6.45, 7) is 4.68. The number of amides is 2. The molecule has 4 N–H and O–H groups in total. The van der Waals surface area contributed by atoms with Crippen molar-refractivity contribution in [1.29, 1.82) is 0 Å². The minimum Gasteiger partial charge on any atom is -0.493 e. The number of hydrogen-bond acceptors (Lipinski definition) is 8. The van der Waals surface area contributed by atoms with Crippen LogP contribution in [0.25, 0.3) is 0 Å². The first-order chi connectivity index (χ1) is 18.6. The number of carbonyl (C=O) groups is 2. The van der Waals surface area contributed by atoms with Gasteiger partial charge in [-0.2, -0.15) is 0 Å². The minimum absolute atomic E-state index is 0.175. The average Bonchev–Trinajstić information content (AvgIpc) is 2.95. The van der Waals surface area contributed by atoms with Gasteiger partial charge in [-0.3, -0.25) is 9.59 Å². The Hall–Kier alpha value is -3.50. The van der Waals surface area contributed by atoms with Crippen molar-refractivity contribution in [2.75, 3.05) is 67.7 Å². The van der Waals surface area contributed by atoms with Crippen molar-refractivity contribution in [2.24, 2.45) is 0 Å². The maximum atomic E-state index is 12.4. The zero-order valence-corrected chi connectivity index (χ0v) is 23.0. The normalized spacial score (nSPS) is 10.5. The fourth-order valence-electron chi connectivity index (χ4n) is 3.90. The van der Waals surface area contributed by atoms with Crippen LogP contribution < -0.4 is 40.2 Å². The van der Waals surface area contributed by atoms with E-state index in [1.165, 1.54) is 14.2 Å². The van der Waals surface area contributed by atoms with Crippen LogP contribution in [0.3, 0.4) is 0 Å². The number of rotatable bonds is 19. The maximum Gasteiger partial charge on any atom is 0.255 e. The lowest BCUT2D eigenvalue weighted by molar-refractivity contribution is 0.0941. The van der Waals surface area contributed by atoms with Crippen molar-refractivity contribution in [2.45, 2.75) is 25.7 Å². The van der Waals surface area contributed by atoms with E-state index in [2.05, 4.69) is 21.3 Å². The SMILES string of the molecule is COc1cccc(C(=O)NCCCNCCCCNCCCNC(=O)c2cccc(OC)c2OC)c1OC. The van der Waals surface area contributed by atoms with E-state index in [-0.39, 0.29) is 11.8 Å². The Morgan fingerprint density at radius 1 is 0.553 bits per heavy atom. The lowest BCUT2D eigenvalue weighted by atomic mass is 10.1. The number of unbranched alkanes of at least 4 members (excludes halogenated alkanes) is 1. The van der Waals surface area contributed by atoms with Crippen molar-refractivity contribution >= 4 is 11.8 Å². The topological polar surface area (TPSA) is 119 Å². The van der Waals surface area contributed by atoms with E-state index in [0.29, 0.717) is 47.2 Å². The largest absolute Gasteiger partial charge is 0.493 e. The van der Waals surface area contributed by atoms with E-state index < -0.39 is 0 Å². The summed E-state index contributed by atoms with van der Waals surface area (Å²) in [5, 5.41) is 12.7. The molecule has 0 heterocycles. The highest BCUT2D eigenvalue weighted by Crippen LogP contribution is 2.31. The fraction of sp³-hybridized carbons (Fsp3) is 0.500. The summed E-state index contributed by atoms with van der Waals surface area (Å²) in [5.74, 6) is 1.61. The van der Waals surface area contributed by atoms with Gasteiger partial charge in [0.15, 0.2) is 23.0 Å². The van der Waals surface area contributed by atoms with Crippen LogP contribution in [-0.2, 0) is 0 Å². The van der Waals surface area contributed by atoms with E-state index in [4.69, 9.17) is 18.9 Å². The van der Waals surface area contributed by atoms with E-state index in [9.17, 15) is 9.59 Å². The first-order valence-electron chi connectivity index (χ1n) is 13.0. The quantitative estimate of drug-likeness (QED) is 0.205. The predicted octanol–water partition coefficient (Wildman–Crippen LogP) is 2.62. The Morgan fingerprint density at radius 3 is 1.32 bits per heavy atom. The molecule has 0 atom stereocenters. The van der Waals surface area contributed by atoms with Crippen LogP contribution >= 0.6 is 0 Å². The van der Waals surface area contributed by atoms with Crippen molar-refractivity contribution in [3.63, 3.8) is 0 Å². The second-order valence-electron chi connectivity index (χ2n) is 8.51. The molecule has 0 aromatic heterocycles. The molecule has 2 amide bonds. The van der Waals surface area contributed by atoms with Crippen LogP contribution in [0.2, 0.25) is 0 Å². The van der Waals surface area contributed by atoms with Crippen LogP contribution in [0.4, 0.5) is 0 Å². The maximum absolute atomic E-state index is 12.4. The van der Waals surface area contributed by atoms with Gasteiger partial charge in [0.2, 0.25) is 0 Å². The van der Waals surface area contributed by atoms with Gasteiger partial charge in [0.25, 0.3) is 11.8 Å². The second kappa shape index (κ2) is 17.9.